The van der Waals surface area contributed by atoms with Crippen LogP contribution < -0.4 is 4.90 Å². The topological polar surface area (TPSA) is 38.2 Å². The first kappa shape index (κ1) is 13.8. The second kappa shape index (κ2) is 5.68. The molecule has 1 aromatic heterocycles. The fraction of sp³-hybridized carbons (Fsp3) is 0.750. The molecule has 1 aromatic rings. The van der Waals surface area contributed by atoms with E-state index in [9.17, 15) is 0 Å². The average molecular weight is 275 g/mol. The third kappa shape index (κ3) is 2.53. The van der Waals surface area contributed by atoms with Crippen LogP contribution in [0.25, 0.3) is 0 Å². The third-order valence-corrected chi connectivity index (χ3v) is 4.77. The lowest BCUT2D eigenvalue weighted by molar-refractivity contribution is 0.177. The smallest absolute Gasteiger partial charge is 0.156 e. The third-order valence-electron chi connectivity index (χ3n) is 4.77. The Morgan fingerprint density at radius 1 is 1.30 bits per heavy atom. The number of aromatic nitrogens is 2. The van der Waals surface area contributed by atoms with Gasteiger partial charge in [-0.3, -0.25) is 0 Å². The highest BCUT2D eigenvalue weighted by atomic mass is 16.5. The van der Waals surface area contributed by atoms with Gasteiger partial charge in [-0.1, -0.05) is 12.8 Å². The van der Waals surface area contributed by atoms with Gasteiger partial charge in [-0.15, -0.1) is 0 Å². The van der Waals surface area contributed by atoms with Gasteiger partial charge in [0, 0.05) is 31.0 Å². The normalized spacial score (nSPS) is 29.6. The van der Waals surface area contributed by atoms with E-state index in [1.165, 1.54) is 32.1 Å². The summed E-state index contributed by atoms with van der Waals surface area (Å²) < 4.78 is 5.19. The molecule has 0 radical (unpaired) electrons. The standard InChI is InChI=1S/C16H25N3O/c1-11-8-16(18-15(17-11)10-20-3)19-12(2)9-13-6-4-5-7-14(13)19/h8,12-14H,4-7,9-10H2,1-3H3. The molecule has 1 aliphatic heterocycles. The van der Waals surface area contributed by atoms with E-state index < -0.39 is 0 Å². The maximum Gasteiger partial charge on any atom is 0.156 e. The number of ether oxygens (including phenoxy) is 1. The highest BCUT2D eigenvalue weighted by Crippen LogP contribution is 2.41. The SMILES string of the molecule is COCc1nc(C)cc(N2C(C)CC3CCCCC32)n1. The van der Waals surface area contributed by atoms with Crippen LogP contribution in [0.15, 0.2) is 6.07 Å². The first-order valence-corrected chi connectivity index (χ1v) is 7.81. The van der Waals surface area contributed by atoms with Crippen molar-refractivity contribution in [1.29, 1.82) is 0 Å². The van der Waals surface area contributed by atoms with E-state index in [2.05, 4.69) is 22.9 Å². The lowest BCUT2D eigenvalue weighted by Gasteiger charge is -2.34. The van der Waals surface area contributed by atoms with E-state index in [4.69, 9.17) is 9.72 Å². The number of fused-ring (bicyclic) bond motifs is 1. The van der Waals surface area contributed by atoms with Crippen molar-refractivity contribution in [2.75, 3.05) is 12.0 Å². The second-order valence-electron chi connectivity index (χ2n) is 6.32. The minimum atomic E-state index is 0.491. The number of nitrogens with zero attached hydrogens (tertiary/aromatic N) is 3. The Hall–Kier alpha value is -1.16. The van der Waals surface area contributed by atoms with E-state index in [0.717, 1.165) is 23.3 Å². The molecule has 0 amide bonds. The van der Waals surface area contributed by atoms with Gasteiger partial charge in [-0.2, -0.15) is 0 Å². The minimum absolute atomic E-state index is 0.491. The summed E-state index contributed by atoms with van der Waals surface area (Å²) in [5, 5.41) is 0. The Balaban J connectivity index is 1.90. The summed E-state index contributed by atoms with van der Waals surface area (Å²) in [6.07, 6.45) is 6.78. The van der Waals surface area contributed by atoms with Gasteiger partial charge in [-0.05, 0) is 39.0 Å². The second-order valence-corrected chi connectivity index (χ2v) is 6.32. The maximum absolute atomic E-state index is 5.19. The maximum atomic E-state index is 5.19. The van der Waals surface area contributed by atoms with Gasteiger partial charge in [0.05, 0.1) is 0 Å². The van der Waals surface area contributed by atoms with Crippen LogP contribution in [0.3, 0.4) is 0 Å². The monoisotopic (exact) mass is 275 g/mol. The Kier molecular flexibility index (Phi) is 3.92. The molecule has 2 heterocycles. The highest BCUT2D eigenvalue weighted by Gasteiger charge is 2.40. The summed E-state index contributed by atoms with van der Waals surface area (Å²) in [6, 6.07) is 3.41. The number of anilines is 1. The van der Waals surface area contributed by atoms with E-state index in [1.54, 1.807) is 7.11 Å². The van der Waals surface area contributed by atoms with E-state index in [1.807, 2.05) is 6.92 Å². The van der Waals surface area contributed by atoms with Crippen molar-refractivity contribution in [2.45, 2.75) is 64.6 Å². The van der Waals surface area contributed by atoms with Crippen molar-refractivity contribution in [3.63, 3.8) is 0 Å². The molecule has 0 spiro atoms. The van der Waals surface area contributed by atoms with Crippen molar-refractivity contribution >= 4 is 5.82 Å². The lowest BCUT2D eigenvalue weighted by Crippen LogP contribution is -2.38. The van der Waals surface area contributed by atoms with Gasteiger partial charge in [0.15, 0.2) is 5.82 Å². The molecular weight excluding hydrogens is 250 g/mol. The van der Waals surface area contributed by atoms with Gasteiger partial charge in [0.1, 0.15) is 12.4 Å². The molecule has 20 heavy (non-hydrogen) atoms. The number of hydrogen-bond acceptors (Lipinski definition) is 4. The zero-order valence-corrected chi connectivity index (χ0v) is 12.8. The molecule has 0 aromatic carbocycles. The Morgan fingerprint density at radius 2 is 2.10 bits per heavy atom. The predicted molar refractivity (Wildman–Crippen MR) is 79.8 cm³/mol. The van der Waals surface area contributed by atoms with Crippen molar-refractivity contribution in [3.8, 4) is 0 Å². The number of aryl methyl sites for hydroxylation is 1. The zero-order valence-electron chi connectivity index (χ0n) is 12.8. The average Bonchev–Trinajstić information content (AvgIpc) is 2.74. The van der Waals surface area contributed by atoms with E-state index in [0.29, 0.717) is 18.7 Å². The van der Waals surface area contributed by atoms with Gasteiger partial charge in [0.25, 0.3) is 0 Å². The number of hydrogen-bond donors (Lipinski definition) is 0. The minimum Gasteiger partial charge on any atom is -0.377 e. The van der Waals surface area contributed by atoms with Gasteiger partial charge in [0.2, 0.25) is 0 Å². The van der Waals surface area contributed by atoms with Crippen LogP contribution in [0.2, 0.25) is 0 Å². The largest absolute Gasteiger partial charge is 0.377 e. The van der Waals surface area contributed by atoms with Crippen LogP contribution in [0.4, 0.5) is 5.82 Å². The Bertz CT molecular complexity index is 477. The van der Waals surface area contributed by atoms with Crippen molar-refractivity contribution in [1.82, 2.24) is 9.97 Å². The van der Waals surface area contributed by atoms with E-state index in [-0.39, 0.29) is 0 Å². The molecule has 3 rings (SSSR count). The fourth-order valence-electron chi connectivity index (χ4n) is 4.04. The van der Waals surface area contributed by atoms with Crippen LogP contribution in [0.5, 0.6) is 0 Å². The molecule has 0 N–H and O–H groups in total. The molecule has 1 saturated heterocycles. The van der Waals surface area contributed by atoms with E-state index >= 15 is 0 Å². The van der Waals surface area contributed by atoms with Crippen LogP contribution in [-0.4, -0.2) is 29.2 Å². The molecule has 4 heteroatoms. The first-order chi connectivity index (χ1) is 9.69. The number of rotatable bonds is 3. The summed E-state index contributed by atoms with van der Waals surface area (Å²) >= 11 is 0. The van der Waals surface area contributed by atoms with Crippen LogP contribution in [0.1, 0.15) is 50.5 Å². The molecule has 2 aliphatic rings. The predicted octanol–water partition coefficient (Wildman–Crippen LogP) is 3.09. The summed E-state index contributed by atoms with van der Waals surface area (Å²) in [4.78, 5) is 11.8. The highest BCUT2D eigenvalue weighted by molar-refractivity contribution is 5.44. The molecule has 2 fully saturated rings. The van der Waals surface area contributed by atoms with Crippen molar-refractivity contribution in [3.05, 3.63) is 17.6 Å². The molecule has 1 saturated carbocycles. The molecular formula is C16H25N3O. The first-order valence-electron chi connectivity index (χ1n) is 7.81. The van der Waals surface area contributed by atoms with Gasteiger partial charge >= 0.3 is 0 Å². The fourth-order valence-corrected chi connectivity index (χ4v) is 4.04. The molecule has 3 unspecified atom stereocenters. The Morgan fingerprint density at radius 3 is 2.90 bits per heavy atom. The summed E-state index contributed by atoms with van der Waals surface area (Å²) in [5.74, 6) is 2.76. The molecule has 110 valence electrons. The summed E-state index contributed by atoms with van der Waals surface area (Å²) in [5.41, 5.74) is 1.04. The van der Waals surface area contributed by atoms with Gasteiger partial charge in [-0.25, -0.2) is 9.97 Å². The summed E-state index contributed by atoms with van der Waals surface area (Å²) in [6.45, 7) is 4.88. The van der Waals surface area contributed by atoms with Gasteiger partial charge < -0.3 is 9.64 Å². The zero-order chi connectivity index (χ0) is 14.1. The molecule has 3 atom stereocenters. The lowest BCUT2D eigenvalue weighted by atomic mass is 9.85. The van der Waals surface area contributed by atoms with Crippen molar-refractivity contribution < 1.29 is 4.74 Å². The van der Waals surface area contributed by atoms with Crippen LogP contribution >= 0.6 is 0 Å². The molecule has 0 bridgehead atoms. The quantitative estimate of drug-likeness (QED) is 0.849. The Labute approximate surface area is 121 Å². The number of methoxy groups -OCH3 is 1. The molecule has 1 aliphatic carbocycles. The van der Waals surface area contributed by atoms with Crippen LogP contribution in [0, 0.1) is 12.8 Å². The summed E-state index contributed by atoms with van der Waals surface area (Å²) in [7, 11) is 1.70. The van der Waals surface area contributed by atoms with Crippen LogP contribution in [-0.2, 0) is 11.3 Å². The van der Waals surface area contributed by atoms with Crippen molar-refractivity contribution in [2.24, 2.45) is 5.92 Å². The molecule has 4 nitrogen and oxygen atoms in total.